The second-order valence-electron chi connectivity index (χ2n) is 5.07. The molecule has 1 aromatic carbocycles. The number of carbonyl (C=O) groups is 1. The van der Waals surface area contributed by atoms with E-state index in [1.54, 1.807) is 0 Å². The number of hydrogen-bond donors (Lipinski definition) is 1. The molecule has 2 nitrogen and oxygen atoms in total. The predicted molar refractivity (Wildman–Crippen MR) is 66.5 cm³/mol. The highest BCUT2D eigenvalue weighted by Crippen LogP contribution is 2.65. The van der Waals surface area contributed by atoms with Gasteiger partial charge in [0.15, 0.2) is 0 Å². The van der Waals surface area contributed by atoms with Crippen LogP contribution in [0.3, 0.4) is 0 Å². The average molecular weight is 283 g/mol. The van der Waals surface area contributed by atoms with E-state index in [0.717, 1.165) is 15.6 Å². The summed E-state index contributed by atoms with van der Waals surface area (Å²) in [6, 6.07) is 6.00. The van der Waals surface area contributed by atoms with Crippen LogP contribution in [-0.4, -0.2) is 11.1 Å². The van der Waals surface area contributed by atoms with Gasteiger partial charge in [-0.25, -0.2) is 0 Å². The van der Waals surface area contributed by atoms with Crippen LogP contribution in [0.5, 0.6) is 0 Å². The number of benzene rings is 1. The molecule has 1 N–H and O–H groups in total. The molecule has 0 spiro atoms. The van der Waals surface area contributed by atoms with Crippen molar-refractivity contribution in [2.24, 2.45) is 11.3 Å². The van der Waals surface area contributed by atoms with Crippen LogP contribution in [0, 0.1) is 18.3 Å². The molecule has 2 rings (SSSR count). The molecule has 1 aliphatic rings. The molecule has 0 aromatic heterocycles. The molecule has 1 saturated carbocycles. The Morgan fingerprint density at radius 2 is 2.06 bits per heavy atom. The zero-order valence-corrected chi connectivity index (χ0v) is 11.2. The second-order valence-corrected chi connectivity index (χ2v) is 5.92. The SMILES string of the molecule is Cc1c(Br)cccc1[C@@H]1[C@@H](C(=O)O)C1(C)C. The lowest BCUT2D eigenvalue weighted by molar-refractivity contribution is -0.139. The van der Waals surface area contributed by atoms with Crippen molar-refractivity contribution in [1.82, 2.24) is 0 Å². The van der Waals surface area contributed by atoms with Crippen molar-refractivity contribution in [3.05, 3.63) is 33.8 Å². The first-order valence-corrected chi connectivity index (χ1v) is 6.14. The minimum absolute atomic E-state index is 0.128. The summed E-state index contributed by atoms with van der Waals surface area (Å²) in [5.74, 6) is -0.794. The zero-order chi connectivity index (χ0) is 12.1. The summed E-state index contributed by atoms with van der Waals surface area (Å²) in [6.07, 6.45) is 0. The molecule has 16 heavy (non-hydrogen) atoms. The van der Waals surface area contributed by atoms with E-state index < -0.39 is 5.97 Å². The fourth-order valence-corrected chi connectivity index (χ4v) is 3.02. The van der Waals surface area contributed by atoms with Gasteiger partial charge in [0.2, 0.25) is 0 Å². The van der Waals surface area contributed by atoms with Gasteiger partial charge in [-0.3, -0.25) is 4.79 Å². The Hall–Kier alpha value is -0.830. The number of hydrogen-bond acceptors (Lipinski definition) is 1. The molecule has 0 unspecified atom stereocenters. The second kappa shape index (κ2) is 3.59. The summed E-state index contributed by atoms with van der Waals surface area (Å²) < 4.78 is 1.05. The highest BCUT2D eigenvalue weighted by Gasteiger charge is 2.62. The van der Waals surface area contributed by atoms with Crippen LogP contribution < -0.4 is 0 Å². The normalized spacial score (nSPS) is 26.5. The topological polar surface area (TPSA) is 37.3 Å². The molecule has 86 valence electrons. The van der Waals surface area contributed by atoms with Gasteiger partial charge >= 0.3 is 5.97 Å². The Balaban J connectivity index is 2.41. The summed E-state index contributed by atoms with van der Waals surface area (Å²) in [7, 11) is 0. The van der Waals surface area contributed by atoms with Gasteiger partial charge in [-0.05, 0) is 29.5 Å². The first-order chi connectivity index (χ1) is 7.37. The number of carboxylic acid groups (broad SMARTS) is 1. The van der Waals surface area contributed by atoms with E-state index in [2.05, 4.69) is 15.9 Å². The molecule has 3 heteroatoms. The number of carboxylic acids is 1. The summed E-state index contributed by atoms with van der Waals surface area (Å²) in [5, 5.41) is 9.17. The Bertz CT molecular complexity index is 451. The van der Waals surface area contributed by atoms with E-state index >= 15 is 0 Å². The molecular weight excluding hydrogens is 268 g/mol. The van der Waals surface area contributed by atoms with Crippen LogP contribution in [0.15, 0.2) is 22.7 Å². The first kappa shape index (κ1) is 11.6. The Morgan fingerprint density at radius 1 is 1.44 bits per heavy atom. The standard InChI is InChI=1S/C13H15BrO2/c1-7-8(5-4-6-9(7)14)10-11(12(15)16)13(10,2)3/h4-6,10-11H,1-3H3,(H,15,16)/t10-,11+/m1/s1. The summed E-state index contributed by atoms with van der Waals surface area (Å²) in [6.45, 7) is 6.08. The maximum atomic E-state index is 11.1. The van der Waals surface area contributed by atoms with Gasteiger partial charge in [0.05, 0.1) is 5.92 Å². The van der Waals surface area contributed by atoms with Crippen molar-refractivity contribution >= 4 is 21.9 Å². The van der Waals surface area contributed by atoms with E-state index in [4.69, 9.17) is 5.11 Å². The van der Waals surface area contributed by atoms with Crippen molar-refractivity contribution < 1.29 is 9.90 Å². The van der Waals surface area contributed by atoms with E-state index in [1.807, 2.05) is 39.0 Å². The van der Waals surface area contributed by atoms with Crippen LogP contribution >= 0.6 is 15.9 Å². The van der Waals surface area contributed by atoms with E-state index in [1.165, 1.54) is 0 Å². The Morgan fingerprint density at radius 3 is 2.56 bits per heavy atom. The summed E-state index contributed by atoms with van der Waals surface area (Å²) in [5.41, 5.74) is 2.19. The Kier molecular flexibility index (Phi) is 2.61. The van der Waals surface area contributed by atoms with Gasteiger partial charge in [-0.1, -0.05) is 41.9 Å². The maximum absolute atomic E-state index is 11.1. The van der Waals surface area contributed by atoms with Crippen molar-refractivity contribution in [2.75, 3.05) is 0 Å². The van der Waals surface area contributed by atoms with Crippen LogP contribution in [0.4, 0.5) is 0 Å². The summed E-state index contributed by atoms with van der Waals surface area (Å²) in [4.78, 5) is 11.1. The number of rotatable bonds is 2. The maximum Gasteiger partial charge on any atom is 0.307 e. The first-order valence-electron chi connectivity index (χ1n) is 5.35. The minimum atomic E-state index is -0.686. The third-order valence-electron chi connectivity index (χ3n) is 3.74. The molecule has 1 aromatic rings. The number of aliphatic carboxylic acids is 1. The van der Waals surface area contributed by atoms with Gasteiger partial charge in [-0.2, -0.15) is 0 Å². The van der Waals surface area contributed by atoms with Crippen LogP contribution in [-0.2, 0) is 4.79 Å². The molecule has 2 atom stereocenters. The van der Waals surface area contributed by atoms with Crippen molar-refractivity contribution in [3.63, 3.8) is 0 Å². The van der Waals surface area contributed by atoms with E-state index in [9.17, 15) is 4.79 Å². The van der Waals surface area contributed by atoms with Gasteiger partial charge in [0.1, 0.15) is 0 Å². The highest BCUT2D eigenvalue weighted by atomic mass is 79.9. The molecule has 0 radical (unpaired) electrons. The van der Waals surface area contributed by atoms with E-state index in [-0.39, 0.29) is 17.3 Å². The number of halogens is 1. The summed E-state index contributed by atoms with van der Waals surface area (Å²) >= 11 is 3.49. The van der Waals surface area contributed by atoms with Crippen molar-refractivity contribution in [2.45, 2.75) is 26.7 Å². The monoisotopic (exact) mass is 282 g/mol. The molecule has 1 fully saturated rings. The van der Waals surface area contributed by atoms with Gasteiger partial charge in [0.25, 0.3) is 0 Å². The van der Waals surface area contributed by atoms with Gasteiger partial charge < -0.3 is 5.11 Å². The third-order valence-corrected chi connectivity index (χ3v) is 4.60. The zero-order valence-electron chi connectivity index (χ0n) is 9.62. The molecule has 0 bridgehead atoms. The fraction of sp³-hybridized carbons (Fsp3) is 0.462. The lowest BCUT2D eigenvalue weighted by Gasteiger charge is -2.08. The Labute approximate surface area is 104 Å². The highest BCUT2D eigenvalue weighted by molar-refractivity contribution is 9.10. The van der Waals surface area contributed by atoms with Gasteiger partial charge in [-0.15, -0.1) is 0 Å². The van der Waals surface area contributed by atoms with Crippen molar-refractivity contribution in [1.29, 1.82) is 0 Å². The minimum Gasteiger partial charge on any atom is -0.481 e. The molecule has 0 saturated heterocycles. The average Bonchev–Trinajstić information content (AvgIpc) is 2.74. The van der Waals surface area contributed by atoms with Crippen LogP contribution in [0.1, 0.15) is 30.9 Å². The van der Waals surface area contributed by atoms with Crippen LogP contribution in [0.2, 0.25) is 0 Å². The van der Waals surface area contributed by atoms with Crippen molar-refractivity contribution in [3.8, 4) is 0 Å². The molecular formula is C13H15BrO2. The van der Waals surface area contributed by atoms with E-state index in [0.29, 0.717) is 0 Å². The molecule has 0 heterocycles. The molecule has 0 aliphatic heterocycles. The molecule has 0 amide bonds. The largest absolute Gasteiger partial charge is 0.481 e. The lowest BCUT2D eigenvalue weighted by atomic mass is 9.99. The predicted octanol–water partition coefficient (Wildman–Crippen LogP) is 3.58. The molecule has 1 aliphatic carbocycles. The quantitative estimate of drug-likeness (QED) is 0.900. The smallest absolute Gasteiger partial charge is 0.307 e. The lowest BCUT2D eigenvalue weighted by Crippen LogP contribution is -2.03. The van der Waals surface area contributed by atoms with Gasteiger partial charge in [0, 0.05) is 10.4 Å². The van der Waals surface area contributed by atoms with Crippen LogP contribution in [0.25, 0.3) is 0 Å². The fourth-order valence-electron chi connectivity index (χ4n) is 2.64. The third kappa shape index (κ3) is 1.58.